The van der Waals surface area contributed by atoms with E-state index in [9.17, 15) is 9.59 Å². The number of carbonyl (C=O) groups excluding carboxylic acids is 2. The first-order valence-electron chi connectivity index (χ1n) is 7.14. The average Bonchev–Trinajstić information content (AvgIpc) is 2.76. The third kappa shape index (κ3) is 4.14. The number of allylic oxidation sites excluding steroid dienone is 1. The second kappa shape index (κ2) is 6.28. The zero-order valence-electron chi connectivity index (χ0n) is 13.9. The lowest BCUT2D eigenvalue weighted by Gasteiger charge is -2.36. The molecular formula is C16H26O4Si. The summed E-state index contributed by atoms with van der Waals surface area (Å²) in [5.74, 6) is -0.803. The summed E-state index contributed by atoms with van der Waals surface area (Å²) in [6.45, 7) is 15.2. The molecule has 0 N–H and O–H groups in total. The Labute approximate surface area is 128 Å². The number of rotatable bonds is 5. The van der Waals surface area contributed by atoms with E-state index >= 15 is 0 Å². The van der Waals surface area contributed by atoms with E-state index in [1.807, 2.05) is 0 Å². The highest BCUT2D eigenvalue weighted by atomic mass is 28.4. The highest BCUT2D eigenvalue weighted by Crippen LogP contribution is 2.38. The summed E-state index contributed by atoms with van der Waals surface area (Å²) >= 11 is 0. The standard InChI is InChI=1S/C16H26O4Si/c1-11(10-20-21(6,7)16(2,3)4)13-8-12(17)9-14(13)15(18)19-5/h9,13H,1,8,10H2,2-7H3/t13-/m0/s1. The Kier molecular flexibility index (Phi) is 5.33. The van der Waals surface area contributed by atoms with Gasteiger partial charge in [-0.15, -0.1) is 0 Å². The number of ketones is 1. The molecule has 1 aliphatic carbocycles. The molecule has 21 heavy (non-hydrogen) atoms. The van der Waals surface area contributed by atoms with Gasteiger partial charge in [0.05, 0.1) is 13.7 Å². The summed E-state index contributed by atoms with van der Waals surface area (Å²) in [5, 5.41) is 0.111. The van der Waals surface area contributed by atoms with Crippen molar-refractivity contribution in [1.82, 2.24) is 0 Å². The smallest absolute Gasteiger partial charge is 0.334 e. The van der Waals surface area contributed by atoms with E-state index in [0.29, 0.717) is 12.2 Å². The fraction of sp³-hybridized carbons (Fsp3) is 0.625. The normalized spacial score (nSPS) is 19.4. The molecule has 0 aromatic rings. The lowest BCUT2D eigenvalue weighted by Crippen LogP contribution is -2.41. The number of methoxy groups -OCH3 is 1. The fourth-order valence-corrected chi connectivity index (χ4v) is 2.90. The van der Waals surface area contributed by atoms with Gasteiger partial charge in [-0.2, -0.15) is 0 Å². The Balaban J connectivity index is 2.75. The highest BCUT2D eigenvalue weighted by molar-refractivity contribution is 6.74. The van der Waals surface area contributed by atoms with E-state index in [1.165, 1.54) is 13.2 Å². The van der Waals surface area contributed by atoms with Crippen LogP contribution in [0.5, 0.6) is 0 Å². The molecular weight excluding hydrogens is 284 g/mol. The molecule has 0 amide bonds. The maximum absolute atomic E-state index is 11.7. The molecule has 5 heteroatoms. The maximum atomic E-state index is 11.7. The summed E-state index contributed by atoms with van der Waals surface area (Å²) in [4.78, 5) is 23.3. The van der Waals surface area contributed by atoms with Crippen LogP contribution in [0, 0.1) is 5.92 Å². The largest absolute Gasteiger partial charge is 0.466 e. The van der Waals surface area contributed by atoms with Crippen molar-refractivity contribution in [2.45, 2.75) is 45.3 Å². The predicted octanol–water partition coefficient (Wildman–Crippen LogP) is 3.25. The Morgan fingerprint density at radius 3 is 2.48 bits per heavy atom. The predicted molar refractivity (Wildman–Crippen MR) is 85.5 cm³/mol. The summed E-state index contributed by atoms with van der Waals surface area (Å²) in [6, 6.07) is 0. The second-order valence-corrected chi connectivity index (χ2v) is 11.8. The molecule has 1 atom stereocenters. The quantitative estimate of drug-likeness (QED) is 0.444. The van der Waals surface area contributed by atoms with Crippen LogP contribution in [-0.2, 0) is 18.8 Å². The van der Waals surface area contributed by atoms with Crippen LogP contribution in [-0.4, -0.2) is 33.8 Å². The van der Waals surface area contributed by atoms with Gasteiger partial charge in [0.15, 0.2) is 14.1 Å². The zero-order valence-corrected chi connectivity index (χ0v) is 14.9. The van der Waals surface area contributed by atoms with Crippen LogP contribution in [0.4, 0.5) is 0 Å². The molecule has 0 spiro atoms. The van der Waals surface area contributed by atoms with Gasteiger partial charge in [0.25, 0.3) is 0 Å². The first kappa shape index (κ1) is 17.8. The molecule has 1 aliphatic rings. The molecule has 118 valence electrons. The van der Waals surface area contributed by atoms with Gasteiger partial charge in [-0.1, -0.05) is 27.4 Å². The van der Waals surface area contributed by atoms with E-state index in [1.54, 1.807) is 0 Å². The number of hydrogen-bond acceptors (Lipinski definition) is 4. The molecule has 0 bridgehead atoms. The minimum atomic E-state index is -1.87. The SMILES string of the molecule is C=C(CO[Si](C)(C)C(C)(C)C)[C@@H]1CC(=O)C=C1C(=O)OC. The van der Waals surface area contributed by atoms with Crippen molar-refractivity contribution in [3.63, 3.8) is 0 Å². The molecule has 1 rings (SSSR count). The van der Waals surface area contributed by atoms with E-state index in [0.717, 1.165) is 5.57 Å². The van der Waals surface area contributed by atoms with Crippen LogP contribution in [0.15, 0.2) is 23.8 Å². The Bertz CT molecular complexity index is 483. The van der Waals surface area contributed by atoms with Gasteiger partial charge in [0.2, 0.25) is 0 Å². The van der Waals surface area contributed by atoms with Crippen molar-refractivity contribution >= 4 is 20.1 Å². The molecule has 0 saturated carbocycles. The molecule has 0 aliphatic heterocycles. The number of esters is 1. The molecule has 4 nitrogen and oxygen atoms in total. The minimum absolute atomic E-state index is 0.0612. The van der Waals surface area contributed by atoms with Crippen molar-refractivity contribution in [2.24, 2.45) is 5.92 Å². The Morgan fingerprint density at radius 1 is 1.43 bits per heavy atom. The van der Waals surface area contributed by atoms with Gasteiger partial charge in [-0.25, -0.2) is 4.79 Å². The lowest BCUT2D eigenvalue weighted by atomic mass is 9.94. The molecule has 0 aromatic carbocycles. The summed E-state index contributed by atoms with van der Waals surface area (Å²) in [6.07, 6.45) is 1.65. The van der Waals surface area contributed by atoms with Gasteiger partial charge in [-0.05, 0) is 29.8 Å². The van der Waals surface area contributed by atoms with Crippen LogP contribution < -0.4 is 0 Å². The Morgan fingerprint density at radius 2 is 2.00 bits per heavy atom. The van der Waals surface area contributed by atoms with Gasteiger partial charge in [-0.3, -0.25) is 4.79 Å². The van der Waals surface area contributed by atoms with Crippen molar-refractivity contribution in [3.05, 3.63) is 23.8 Å². The van der Waals surface area contributed by atoms with Gasteiger partial charge < -0.3 is 9.16 Å². The maximum Gasteiger partial charge on any atom is 0.334 e. The molecule has 0 unspecified atom stereocenters. The van der Waals surface area contributed by atoms with E-state index in [4.69, 9.17) is 9.16 Å². The molecule has 0 saturated heterocycles. The van der Waals surface area contributed by atoms with E-state index < -0.39 is 14.3 Å². The number of hydrogen-bond donors (Lipinski definition) is 0. The zero-order chi connectivity index (χ0) is 16.4. The second-order valence-electron chi connectivity index (χ2n) is 7.02. The molecule has 0 radical (unpaired) electrons. The Hall–Kier alpha value is -1.20. The van der Waals surface area contributed by atoms with Crippen molar-refractivity contribution in [3.8, 4) is 0 Å². The van der Waals surface area contributed by atoms with Crippen LogP contribution in [0.1, 0.15) is 27.2 Å². The third-order valence-electron chi connectivity index (χ3n) is 4.44. The average molecular weight is 310 g/mol. The number of ether oxygens (including phenoxy) is 1. The highest BCUT2D eigenvalue weighted by Gasteiger charge is 2.38. The van der Waals surface area contributed by atoms with Crippen molar-refractivity contribution < 1.29 is 18.8 Å². The van der Waals surface area contributed by atoms with Crippen LogP contribution in [0.25, 0.3) is 0 Å². The topological polar surface area (TPSA) is 52.6 Å². The van der Waals surface area contributed by atoms with Crippen LogP contribution in [0.2, 0.25) is 18.1 Å². The molecule has 0 fully saturated rings. The van der Waals surface area contributed by atoms with Crippen LogP contribution >= 0.6 is 0 Å². The minimum Gasteiger partial charge on any atom is -0.466 e. The summed E-state index contributed by atoms with van der Waals surface area (Å²) in [7, 11) is -0.557. The van der Waals surface area contributed by atoms with Crippen molar-refractivity contribution in [2.75, 3.05) is 13.7 Å². The lowest BCUT2D eigenvalue weighted by molar-refractivity contribution is -0.136. The van der Waals surface area contributed by atoms with Gasteiger partial charge in [0, 0.05) is 17.9 Å². The van der Waals surface area contributed by atoms with Crippen molar-refractivity contribution in [1.29, 1.82) is 0 Å². The van der Waals surface area contributed by atoms with Crippen LogP contribution in [0.3, 0.4) is 0 Å². The fourth-order valence-electron chi connectivity index (χ4n) is 1.92. The third-order valence-corrected chi connectivity index (χ3v) is 8.91. The molecule has 0 heterocycles. The monoisotopic (exact) mass is 310 g/mol. The summed E-state index contributed by atoms with van der Waals surface area (Å²) < 4.78 is 10.8. The van der Waals surface area contributed by atoms with E-state index in [-0.39, 0.29) is 23.2 Å². The number of carbonyl (C=O) groups is 2. The summed E-state index contributed by atoms with van der Waals surface area (Å²) in [5.41, 5.74) is 1.16. The first-order chi connectivity index (χ1) is 9.49. The van der Waals surface area contributed by atoms with E-state index in [2.05, 4.69) is 40.4 Å². The first-order valence-corrected chi connectivity index (χ1v) is 10.0. The molecule has 0 aromatic heterocycles. The van der Waals surface area contributed by atoms with Gasteiger partial charge in [0.1, 0.15) is 0 Å². The van der Waals surface area contributed by atoms with Gasteiger partial charge >= 0.3 is 5.97 Å².